The van der Waals surface area contributed by atoms with E-state index in [4.69, 9.17) is 9.47 Å². The van der Waals surface area contributed by atoms with Crippen molar-refractivity contribution in [1.82, 2.24) is 9.21 Å². The topological polar surface area (TPSA) is 88.2 Å². The van der Waals surface area contributed by atoms with Crippen LogP contribution in [0.5, 0.6) is 11.5 Å². The molecule has 168 valence electrons. The highest BCUT2D eigenvalue weighted by Gasteiger charge is 2.30. The van der Waals surface area contributed by atoms with Crippen LogP contribution >= 0.6 is 0 Å². The Morgan fingerprint density at radius 3 is 2.32 bits per heavy atom. The molecule has 2 aromatic rings. The van der Waals surface area contributed by atoms with Crippen molar-refractivity contribution in [2.24, 2.45) is 0 Å². The third-order valence-corrected chi connectivity index (χ3v) is 7.37. The number of methoxy groups -OCH3 is 1. The molecular formula is C22H29N3O5S. The highest BCUT2D eigenvalue weighted by atomic mass is 32.2. The number of carbonyl (C=O) groups is 1. The molecule has 0 spiro atoms. The number of nitrogens with zero attached hydrogens (tertiary/aromatic N) is 2. The van der Waals surface area contributed by atoms with E-state index < -0.39 is 10.0 Å². The molecule has 1 aliphatic heterocycles. The van der Waals surface area contributed by atoms with Crippen LogP contribution in [-0.4, -0.2) is 70.5 Å². The predicted molar refractivity (Wildman–Crippen MR) is 119 cm³/mol. The van der Waals surface area contributed by atoms with E-state index in [1.807, 2.05) is 13.1 Å². The van der Waals surface area contributed by atoms with E-state index >= 15 is 0 Å². The molecule has 1 N–H and O–H groups in total. The molecule has 0 atom stereocenters. The second-order valence-electron chi connectivity index (χ2n) is 7.57. The van der Waals surface area contributed by atoms with E-state index in [0.717, 1.165) is 25.9 Å². The number of hydrogen-bond acceptors (Lipinski definition) is 6. The molecule has 0 radical (unpaired) electrons. The maximum atomic E-state index is 13.0. The number of rotatable bonds is 8. The first-order valence-corrected chi connectivity index (χ1v) is 11.6. The lowest BCUT2D eigenvalue weighted by Crippen LogP contribution is -2.44. The third-order valence-electron chi connectivity index (χ3n) is 5.45. The molecule has 1 saturated heterocycles. The molecule has 0 bridgehead atoms. The Balaban J connectivity index is 1.58. The van der Waals surface area contributed by atoms with Crippen LogP contribution in [-0.2, 0) is 14.8 Å². The number of likely N-dealkylation sites (tertiary alicyclic amines) is 1. The van der Waals surface area contributed by atoms with Crippen LogP contribution in [0.3, 0.4) is 0 Å². The van der Waals surface area contributed by atoms with E-state index in [-0.39, 0.29) is 23.5 Å². The molecule has 8 nitrogen and oxygen atoms in total. The fourth-order valence-electron chi connectivity index (χ4n) is 3.51. The number of ether oxygens (including phenoxy) is 2. The van der Waals surface area contributed by atoms with Gasteiger partial charge in [0.25, 0.3) is 5.91 Å². The van der Waals surface area contributed by atoms with Crippen LogP contribution in [0.25, 0.3) is 0 Å². The normalized spacial score (nSPS) is 15.6. The van der Waals surface area contributed by atoms with Gasteiger partial charge in [-0.05, 0) is 69.4 Å². The molecule has 0 saturated carbocycles. The molecule has 9 heteroatoms. The number of hydrogen-bond donors (Lipinski definition) is 1. The van der Waals surface area contributed by atoms with Crippen molar-refractivity contribution < 1.29 is 22.7 Å². The fourth-order valence-corrected chi connectivity index (χ4v) is 4.93. The van der Waals surface area contributed by atoms with Crippen LogP contribution in [0.1, 0.15) is 12.8 Å². The number of piperidine rings is 1. The minimum atomic E-state index is -3.59. The van der Waals surface area contributed by atoms with Crippen LogP contribution in [0.2, 0.25) is 0 Å². The minimum absolute atomic E-state index is 0.00675. The summed E-state index contributed by atoms with van der Waals surface area (Å²) in [4.78, 5) is 14.6. The second-order valence-corrected chi connectivity index (χ2v) is 9.57. The Labute approximate surface area is 183 Å². The van der Waals surface area contributed by atoms with Gasteiger partial charge in [-0.1, -0.05) is 12.1 Å². The molecule has 1 fully saturated rings. The van der Waals surface area contributed by atoms with Gasteiger partial charge in [0, 0.05) is 18.8 Å². The monoisotopic (exact) mass is 447 g/mol. The molecule has 2 aromatic carbocycles. The first-order valence-electron chi connectivity index (χ1n) is 10.1. The van der Waals surface area contributed by atoms with Crippen LogP contribution < -0.4 is 14.8 Å². The number of anilines is 1. The van der Waals surface area contributed by atoms with Crippen molar-refractivity contribution in [3.05, 3.63) is 48.5 Å². The van der Waals surface area contributed by atoms with Crippen LogP contribution in [0, 0.1) is 0 Å². The predicted octanol–water partition coefficient (Wildman–Crippen LogP) is 2.43. The largest absolute Gasteiger partial charge is 0.493 e. The number of carbonyl (C=O) groups excluding carboxylic acids is 1. The molecule has 31 heavy (non-hydrogen) atoms. The van der Waals surface area contributed by atoms with Crippen LogP contribution in [0.4, 0.5) is 5.69 Å². The first kappa shape index (κ1) is 23.1. The highest BCUT2D eigenvalue weighted by molar-refractivity contribution is 7.89. The molecule has 1 aliphatic rings. The molecular weight excluding hydrogens is 418 g/mol. The smallest absolute Gasteiger partial charge is 0.262 e. The molecule has 1 amide bonds. The maximum Gasteiger partial charge on any atom is 0.262 e. The van der Waals surface area contributed by atoms with Crippen molar-refractivity contribution in [2.75, 3.05) is 46.2 Å². The number of para-hydroxylation sites is 2. The van der Waals surface area contributed by atoms with E-state index in [0.29, 0.717) is 17.2 Å². The van der Waals surface area contributed by atoms with Crippen LogP contribution in [0.15, 0.2) is 53.4 Å². The van der Waals surface area contributed by atoms with Gasteiger partial charge in [-0.3, -0.25) is 4.79 Å². The summed E-state index contributed by atoms with van der Waals surface area (Å²) in [6.07, 6.45) is 1.62. The SMILES string of the molecule is COc1ccccc1OCC(=O)Nc1ccc(S(=O)(=O)N(C)C2CCN(C)CC2)cc1. The summed E-state index contributed by atoms with van der Waals surface area (Å²) in [5, 5.41) is 2.71. The second kappa shape index (κ2) is 10.1. The lowest BCUT2D eigenvalue weighted by atomic mass is 10.1. The van der Waals surface area contributed by atoms with Gasteiger partial charge in [-0.25, -0.2) is 8.42 Å². The van der Waals surface area contributed by atoms with Gasteiger partial charge in [0.15, 0.2) is 18.1 Å². The Kier molecular flexibility index (Phi) is 7.53. The Morgan fingerprint density at radius 1 is 1.10 bits per heavy atom. The van der Waals surface area contributed by atoms with Gasteiger partial charge in [0.05, 0.1) is 12.0 Å². The van der Waals surface area contributed by atoms with Crippen molar-refractivity contribution >= 4 is 21.6 Å². The summed E-state index contributed by atoms with van der Waals surface area (Å²) in [5.41, 5.74) is 0.495. The quantitative estimate of drug-likeness (QED) is 0.669. The zero-order valence-corrected chi connectivity index (χ0v) is 18.9. The van der Waals surface area contributed by atoms with Crippen molar-refractivity contribution in [3.63, 3.8) is 0 Å². The Bertz CT molecular complexity index is 986. The molecule has 3 rings (SSSR count). The van der Waals surface area contributed by atoms with Crippen molar-refractivity contribution in [1.29, 1.82) is 0 Å². The van der Waals surface area contributed by atoms with E-state index in [9.17, 15) is 13.2 Å². The zero-order valence-electron chi connectivity index (χ0n) is 18.1. The third kappa shape index (κ3) is 5.75. The lowest BCUT2D eigenvalue weighted by Gasteiger charge is -2.34. The van der Waals surface area contributed by atoms with Gasteiger partial charge >= 0.3 is 0 Å². The summed E-state index contributed by atoms with van der Waals surface area (Å²) in [6.45, 7) is 1.57. The minimum Gasteiger partial charge on any atom is -0.493 e. The van der Waals surface area contributed by atoms with Crippen molar-refractivity contribution in [2.45, 2.75) is 23.8 Å². The average Bonchev–Trinajstić information content (AvgIpc) is 2.78. The summed E-state index contributed by atoms with van der Waals surface area (Å²) >= 11 is 0. The molecule has 1 heterocycles. The van der Waals surface area contributed by atoms with Gasteiger partial charge in [-0.2, -0.15) is 4.31 Å². The molecule has 0 aliphatic carbocycles. The average molecular weight is 448 g/mol. The summed E-state index contributed by atoms with van der Waals surface area (Å²) in [6, 6.07) is 13.2. The number of amides is 1. The van der Waals surface area contributed by atoms with Gasteiger partial charge in [0.2, 0.25) is 10.0 Å². The van der Waals surface area contributed by atoms with Crippen molar-refractivity contribution in [3.8, 4) is 11.5 Å². The van der Waals surface area contributed by atoms with E-state index in [1.165, 1.54) is 23.5 Å². The lowest BCUT2D eigenvalue weighted by molar-refractivity contribution is -0.118. The molecule has 0 aromatic heterocycles. The standard InChI is InChI=1S/C22H29N3O5S/c1-24-14-12-18(13-15-24)25(2)31(27,28)19-10-8-17(9-11-19)23-22(26)16-30-21-7-5-4-6-20(21)29-3/h4-11,18H,12-16H2,1-3H3,(H,23,26). The fraction of sp³-hybridized carbons (Fsp3) is 0.409. The Hall–Kier alpha value is -2.62. The number of benzene rings is 2. The number of nitrogens with one attached hydrogen (secondary N) is 1. The summed E-state index contributed by atoms with van der Waals surface area (Å²) in [7, 11) is 1.61. The highest BCUT2D eigenvalue weighted by Crippen LogP contribution is 2.26. The summed E-state index contributed by atoms with van der Waals surface area (Å²) in [5.74, 6) is 0.655. The van der Waals surface area contributed by atoms with E-state index in [2.05, 4.69) is 10.2 Å². The zero-order chi connectivity index (χ0) is 22.4. The van der Waals surface area contributed by atoms with Gasteiger partial charge in [-0.15, -0.1) is 0 Å². The Morgan fingerprint density at radius 2 is 1.71 bits per heavy atom. The van der Waals surface area contributed by atoms with Gasteiger partial charge in [0.1, 0.15) is 0 Å². The molecule has 0 unspecified atom stereocenters. The maximum absolute atomic E-state index is 13.0. The van der Waals surface area contributed by atoms with Gasteiger partial charge < -0.3 is 19.7 Å². The first-order chi connectivity index (χ1) is 14.8. The van der Waals surface area contributed by atoms with E-state index in [1.54, 1.807) is 37.4 Å². The summed E-state index contributed by atoms with van der Waals surface area (Å²) < 4.78 is 38.1. The number of sulfonamides is 1.